The summed E-state index contributed by atoms with van der Waals surface area (Å²) in [5, 5.41) is 18.1. The third-order valence-electron chi connectivity index (χ3n) is 2.03. The smallest absolute Gasteiger partial charge is 0.292 e. The van der Waals surface area contributed by atoms with Crippen LogP contribution in [0.25, 0.3) is 0 Å². The summed E-state index contributed by atoms with van der Waals surface area (Å²) in [6.45, 7) is 0. The van der Waals surface area contributed by atoms with Crippen LogP contribution < -0.4 is 10.5 Å². The van der Waals surface area contributed by atoms with Crippen molar-refractivity contribution in [2.24, 2.45) is 0 Å². The van der Waals surface area contributed by atoms with Gasteiger partial charge in [-0.2, -0.15) is 0 Å². The van der Waals surface area contributed by atoms with E-state index < -0.39 is 4.92 Å². The molecule has 0 fully saturated rings. The van der Waals surface area contributed by atoms with Crippen molar-refractivity contribution in [2.75, 3.05) is 5.73 Å². The molecular weight excluding hydrogens is 260 g/mol. The van der Waals surface area contributed by atoms with Crippen LogP contribution in [0.3, 0.4) is 0 Å². The Bertz CT molecular complexity index is 588. The molecule has 2 N–H and O–H groups in total. The Labute approximate surface area is 106 Å². The summed E-state index contributed by atoms with van der Waals surface area (Å²) in [6, 6.07) is 7.05. The maximum Gasteiger partial charge on any atom is 0.292 e. The van der Waals surface area contributed by atoms with Gasteiger partial charge >= 0.3 is 0 Å². The molecule has 18 heavy (non-hydrogen) atoms. The fourth-order valence-corrected chi connectivity index (χ4v) is 1.34. The highest BCUT2D eigenvalue weighted by molar-refractivity contribution is 6.29. The maximum atomic E-state index is 10.6. The van der Waals surface area contributed by atoms with Crippen molar-refractivity contribution in [1.29, 1.82) is 0 Å². The zero-order chi connectivity index (χ0) is 13.1. The number of nitro benzene ring substituents is 1. The number of hydrogen-bond acceptors (Lipinski definition) is 6. The topological polar surface area (TPSA) is 104 Å². The molecule has 2 aromatic rings. The number of nitrogens with two attached hydrogens (primary N) is 1. The second kappa shape index (κ2) is 4.84. The van der Waals surface area contributed by atoms with E-state index in [-0.39, 0.29) is 22.4 Å². The van der Waals surface area contributed by atoms with Gasteiger partial charge in [0.25, 0.3) is 5.69 Å². The average Bonchev–Trinajstić information content (AvgIpc) is 2.32. The minimum Gasteiger partial charge on any atom is -0.437 e. The number of halogens is 1. The molecule has 8 heteroatoms. The van der Waals surface area contributed by atoms with Crippen molar-refractivity contribution in [3.05, 3.63) is 45.6 Å². The number of nitrogen functional groups attached to an aromatic ring is 1. The summed E-state index contributed by atoms with van der Waals surface area (Å²) in [4.78, 5) is 10.0. The number of anilines is 1. The second-order valence-electron chi connectivity index (χ2n) is 3.27. The summed E-state index contributed by atoms with van der Waals surface area (Å²) < 4.78 is 5.31. The third-order valence-corrected chi connectivity index (χ3v) is 2.23. The molecule has 0 bridgehead atoms. The normalized spacial score (nSPS) is 10.1. The molecule has 0 aliphatic heterocycles. The van der Waals surface area contributed by atoms with Crippen LogP contribution in [-0.2, 0) is 0 Å². The molecule has 0 amide bonds. The number of ether oxygens (including phenoxy) is 1. The van der Waals surface area contributed by atoms with E-state index in [4.69, 9.17) is 22.1 Å². The molecule has 0 radical (unpaired) electrons. The average molecular weight is 267 g/mol. The lowest BCUT2D eigenvalue weighted by Gasteiger charge is -2.04. The van der Waals surface area contributed by atoms with E-state index in [1.54, 1.807) is 0 Å². The molecule has 0 spiro atoms. The van der Waals surface area contributed by atoms with Gasteiger partial charge < -0.3 is 10.5 Å². The fraction of sp³-hybridized carbons (Fsp3) is 0. The molecule has 1 heterocycles. The van der Waals surface area contributed by atoms with Gasteiger partial charge in [0.05, 0.1) is 4.92 Å². The van der Waals surface area contributed by atoms with Crippen molar-refractivity contribution < 1.29 is 9.66 Å². The first-order chi connectivity index (χ1) is 8.56. The van der Waals surface area contributed by atoms with Crippen LogP contribution in [0, 0.1) is 10.1 Å². The molecule has 0 saturated carbocycles. The fourth-order valence-electron chi connectivity index (χ4n) is 1.24. The molecule has 2 rings (SSSR count). The predicted molar refractivity (Wildman–Crippen MR) is 64.6 cm³/mol. The highest BCUT2D eigenvalue weighted by Gasteiger charge is 2.12. The second-order valence-corrected chi connectivity index (χ2v) is 3.66. The van der Waals surface area contributed by atoms with Crippen LogP contribution in [0.4, 0.5) is 11.4 Å². The van der Waals surface area contributed by atoms with E-state index in [0.29, 0.717) is 5.75 Å². The number of nitrogens with zero attached hydrogens (tertiary/aromatic N) is 3. The highest BCUT2D eigenvalue weighted by atomic mass is 35.5. The molecule has 0 aliphatic rings. The molecule has 92 valence electrons. The number of hydrogen-bond donors (Lipinski definition) is 1. The zero-order valence-corrected chi connectivity index (χ0v) is 9.66. The standard InChI is InChI=1S/C10H7ClN4O3/c11-9-3-4-10(14-13-9)18-6-1-2-8(15(16)17)7(12)5-6/h1-5H,12H2. The Morgan fingerprint density at radius 1 is 1.28 bits per heavy atom. The molecule has 7 nitrogen and oxygen atoms in total. The third kappa shape index (κ3) is 2.64. The SMILES string of the molecule is Nc1cc(Oc2ccc(Cl)nn2)ccc1[N+](=O)[O-]. The number of rotatable bonds is 3. The van der Waals surface area contributed by atoms with Crippen LogP contribution in [0.5, 0.6) is 11.6 Å². The molecule has 1 aromatic heterocycles. The number of benzene rings is 1. The van der Waals surface area contributed by atoms with Crippen LogP contribution in [0.2, 0.25) is 5.15 Å². The monoisotopic (exact) mass is 266 g/mol. The summed E-state index contributed by atoms with van der Waals surface area (Å²) >= 11 is 5.57. The van der Waals surface area contributed by atoms with E-state index in [9.17, 15) is 10.1 Å². The van der Waals surface area contributed by atoms with E-state index in [0.717, 1.165) is 0 Å². The minimum atomic E-state index is -0.568. The van der Waals surface area contributed by atoms with Gasteiger partial charge in [0.15, 0.2) is 5.15 Å². The number of aromatic nitrogens is 2. The van der Waals surface area contributed by atoms with Crippen molar-refractivity contribution in [2.45, 2.75) is 0 Å². The summed E-state index contributed by atoms with van der Waals surface area (Å²) in [6.07, 6.45) is 0. The van der Waals surface area contributed by atoms with Gasteiger partial charge in [-0.1, -0.05) is 11.6 Å². The van der Waals surface area contributed by atoms with Gasteiger partial charge in [0, 0.05) is 18.2 Å². The van der Waals surface area contributed by atoms with Gasteiger partial charge in [-0.05, 0) is 12.1 Å². The van der Waals surface area contributed by atoms with Crippen LogP contribution in [0.15, 0.2) is 30.3 Å². The van der Waals surface area contributed by atoms with Crippen molar-refractivity contribution in [3.63, 3.8) is 0 Å². The largest absolute Gasteiger partial charge is 0.437 e. The van der Waals surface area contributed by atoms with Crippen molar-refractivity contribution >= 4 is 23.0 Å². The van der Waals surface area contributed by atoms with E-state index in [1.807, 2.05) is 0 Å². The molecule has 0 aliphatic carbocycles. The lowest BCUT2D eigenvalue weighted by molar-refractivity contribution is -0.383. The number of nitro groups is 1. The lowest BCUT2D eigenvalue weighted by atomic mass is 10.2. The first-order valence-electron chi connectivity index (χ1n) is 4.77. The molecule has 0 atom stereocenters. The summed E-state index contributed by atoms with van der Waals surface area (Å²) in [5.41, 5.74) is 5.36. The maximum absolute atomic E-state index is 10.6. The van der Waals surface area contributed by atoms with Gasteiger partial charge in [0.1, 0.15) is 11.4 Å². The Morgan fingerprint density at radius 2 is 2.06 bits per heavy atom. The Hall–Kier alpha value is -2.41. The zero-order valence-electron chi connectivity index (χ0n) is 8.91. The Morgan fingerprint density at radius 3 is 2.61 bits per heavy atom. The molecule has 0 saturated heterocycles. The lowest BCUT2D eigenvalue weighted by Crippen LogP contribution is -1.96. The predicted octanol–water partition coefficient (Wildman–Crippen LogP) is 2.41. The molecule has 0 unspecified atom stereocenters. The minimum absolute atomic E-state index is 0.0134. The van der Waals surface area contributed by atoms with Gasteiger partial charge in [-0.15, -0.1) is 10.2 Å². The van der Waals surface area contributed by atoms with Crippen molar-refractivity contribution in [1.82, 2.24) is 10.2 Å². The van der Waals surface area contributed by atoms with Crippen LogP contribution in [-0.4, -0.2) is 15.1 Å². The summed E-state index contributed by atoms with van der Waals surface area (Å²) in [5.74, 6) is 0.544. The van der Waals surface area contributed by atoms with Crippen molar-refractivity contribution in [3.8, 4) is 11.6 Å². The molecular formula is C10H7ClN4O3. The molecule has 1 aromatic carbocycles. The van der Waals surface area contributed by atoms with Gasteiger partial charge in [0.2, 0.25) is 5.88 Å². The highest BCUT2D eigenvalue weighted by Crippen LogP contribution is 2.28. The quantitative estimate of drug-likeness (QED) is 0.520. The van der Waals surface area contributed by atoms with E-state index in [2.05, 4.69) is 10.2 Å². The Balaban J connectivity index is 2.22. The van der Waals surface area contributed by atoms with Gasteiger partial charge in [-0.25, -0.2) is 0 Å². The first kappa shape index (κ1) is 12.1. The Kier molecular flexibility index (Phi) is 3.24. The van der Waals surface area contributed by atoms with Crippen LogP contribution in [0.1, 0.15) is 0 Å². The van der Waals surface area contributed by atoms with Gasteiger partial charge in [-0.3, -0.25) is 10.1 Å². The van der Waals surface area contributed by atoms with E-state index in [1.165, 1.54) is 30.3 Å². The van der Waals surface area contributed by atoms with Crippen LogP contribution >= 0.6 is 11.6 Å². The van der Waals surface area contributed by atoms with E-state index >= 15 is 0 Å². The summed E-state index contributed by atoms with van der Waals surface area (Å²) in [7, 11) is 0. The first-order valence-corrected chi connectivity index (χ1v) is 5.15.